The standard InChI is InChI=1S/C21H26N2O4/c1-17-15-23(10-11-26-17)21(24)22-19-7-5-6-18(14-19)16-25-12-13-27-20-8-3-2-4-9-20/h2-9,14,17H,10-13,15-16H2,1H3,(H,22,24). The van der Waals surface area contributed by atoms with Gasteiger partial charge in [-0.15, -0.1) is 0 Å². The van der Waals surface area contributed by atoms with Gasteiger partial charge in [0.15, 0.2) is 0 Å². The van der Waals surface area contributed by atoms with E-state index < -0.39 is 0 Å². The predicted octanol–water partition coefficient (Wildman–Crippen LogP) is 3.53. The number of benzene rings is 2. The molecule has 6 heteroatoms. The van der Waals surface area contributed by atoms with Crippen molar-refractivity contribution in [3.05, 3.63) is 60.2 Å². The molecule has 0 bridgehead atoms. The fraction of sp³-hybridized carbons (Fsp3) is 0.381. The number of nitrogens with one attached hydrogen (secondary N) is 1. The van der Waals surface area contributed by atoms with Crippen LogP contribution in [0, 0.1) is 0 Å². The molecule has 1 aliphatic heterocycles. The first-order valence-electron chi connectivity index (χ1n) is 9.23. The van der Waals surface area contributed by atoms with E-state index in [9.17, 15) is 4.79 Å². The maximum Gasteiger partial charge on any atom is 0.322 e. The van der Waals surface area contributed by atoms with Crippen molar-refractivity contribution >= 4 is 11.7 Å². The second kappa shape index (κ2) is 9.94. The van der Waals surface area contributed by atoms with Crippen molar-refractivity contribution in [2.75, 3.05) is 38.2 Å². The van der Waals surface area contributed by atoms with Crippen molar-refractivity contribution in [3.63, 3.8) is 0 Å². The number of hydrogen-bond acceptors (Lipinski definition) is 4. The zero-order valence-electron chi connectivity index (χ0n) is 15.6. The van der Waals surface area contributed by atoms with E-state index >= 15 is 0 Å². The summed E-state index contributed by atoms with van der Waals surface area (Å²) in [7, 11) is 0. The molecule has 3 rings (SSSR count). The minimum Gasteiger partial charge on any atom is -0.491 e. The molecule has 1 fully saturated rings. The Kier molecular flexibility index (Phi) is 7.07. The molecular formula is C21H26N2O4. The summed E-state index contributed by atoms with van der Waals surface area (Å²) in [5.74, 6) is 0.836. The van der Waals surface area contributed by atoms with E-state index in [1.54, 1.807) is 4.90 Å². The maximum absolute atomic E-state index is 12.4. The van der Waals surface area contributed by atoms with Crippen LogP contribution in [0.2, 0.25) is 0 Å². The number of nitrogens with zero attached hydrogens (tertiary/aromatic N) is 1. The summed E-state index contributed by atoms with van der Waals surface area (Å²) in [5, 5.41) is 2.95. The average molecular weight is 370 g/mol. The van der Waals surface area contributed by atoms with Crippen LogP contribution in [-0.4, -0.2) is 49.9 Å². The minimum atomic E-state index is -0.0977. The molecule has 1 atom stereocenters. The Morgan fingerprint density at radius 2 is 2.04 bits per heavy atom. The van der Waals surface area contributed by atoms with Gasteiger partial charge in [0, 0.05) is 18.8 Å². The zero-order chi connectivity index (χ0) is 18.9. The highest BCUT2D eigenvalue weighted by atomic mass is 16.5. The monoisotopic (exact) mass is 370 g/mol. The summed E-state index contributed by atoms with van der Waals surface area (Å²) in [6.07, 6.45) is 0.0716. The quantitative estimate of drug-likeness (QED) is 0.758. The molecule has 6 nitrogen and oxygen atoms in total. The first-order chi connectivity index (χ1) is 13.2. The third-order valence-corrected chi connectivity index (χ3v) is 4.21. The molecule has 0 spiro atoms. The lowest BCUT2D eigenvalue weighted by Gasteiger charge is -2.31. The molecule has 0 saturated carbocycles. The maximum atomic E-state index is 12.4. The number of para-hydroxylation sites is 1. The lowest BCUT2D eigenvalue weighted by Crippen LogP contribution is -2.46. The first kappa shape index (κ1) is 19.2. The van der Waals surface area contributed by atoms with Crippen LogP contribution in [0.1, 0.15) is 12.5 Å². The van der Waals surface area contributed by atoms with Gasteiger partial charge in [-0.2, -0.15) is 0 Å². The van der Waals surface area contributed by atoms with Gasteiger partial charge >= 0.3 is 6.03 Å². The van der Waals surface area contributed by atoms with Gasteiger partial charge in [-0.05, 0) is 36.8 Å². The number of amides is 2. The molecule has 0 radical (unpaired) electrons. The van der Waals surface area contributed by atoms with Gasteiger partial charge in [0.05, 0.1) is 25.9 Å². The van der Waals surface area contributed by atoms with Gasteiger partial charge in [-0.1, -0.05) is 30.3 Å². The molecule has 1 heterocycles. The number of hydrogen-bond donors (Lipinski definition) is 1. The summed E-state index contributed by atoms with van der Waals surface area (Å²) in [4.78, 5) is 14.1. The lowest BCUT2D eigenvalue weighted by atomic mass is 10.2. The molecule has 144 valence electrons. The third kappa shape index (κ3) is 6.27. The van der Waals surface area contributed by atoms with E-state index in [1.165, 1.54) is 0 Å². The molecule has 2 aromatic carbocycles. The lowest BCUT2D eigenvalue weighted by molar-refractivity contribution is -0.00138. The Bertz CT molecular complexity index is 723. The van der Waals surface area contributed by atoms with E-state index in [-0.39, 0.29) is 12.1 Å². The van der Waals surface area contributed by atoms with Gasteiger partial charge in [0.1, 0.15) is 12.4 Å². The number of anilines is 1. The number of morpholine rings is 1. The van der Waals surface area contributed by atoms with Crippen LogP contribution in [0.15, 0.2) is 54.6 Å². The van der Waals surface area contributed by atoms with E-state index in [0.717, 1.165) is 17.0 Å². The number of rotatable bonds is 7. The Morgan fingerprint density at radius 1 is 1.19 bits per heavy atom. The Labute approximate surface area is 160 Å². The number of carbonyl (C=O) groups is 1. The van der Waals surface area contributed by atoms with Crippen LogP contribution in [0.3, 0.4) is 0 Å². The molecule has 2 amide bonds. The van der Waals surface area contributed by atoms with Crippen molar-refractivity contribution in [2.24, 2.45) is 0 Å². The first-order valence-corrected chi connectivity index (χ1v) is 9.23. The number of carbonyl (C=O) groups excluding carboxylic acids is 1. The molecule has 2 aromatic rings. The molecule has 0 aliphatic carbocycles. The highest BCUT2D eigenvalue weighted by Crippen LogP contribution is 2.14. The van der Waals surface area contributed by atoms with Crippen LogP contribution in [0.4, 0.5) is 10.5 Å². The van der Waals surface area contributed by atoms with E-state index in [4.69, 9.17) is 14.2 Å². The van der Waals surface area contributed by atoms with Crippen LogP contribution in [0.25, 0.3) is 0 Å². The van der Waals surface area contributed by atoms with Crippen molar-refractivity contribution < 1.29 is 19.0 Å². The molecule has 1 N–H and O–H groups in total. The van der Waals surface area contributed by atoms with Crippen LogP contribution >= 0.6 is 0 Å². The van der Waals surface area contributed by atoms with Crippen molar-refractivity contribution in [1.82, 2.24) is 4.90 Å². The third-order valence-electron chi connectivity index (χ3n) is 4.21. The van der Waals surface area contributed by atoms with Crippen molar-refractivity contribution in [3.8, 4) is 5.75 Å². The van der Waals surface area contributed by atoms with E-state index in [2.05, 4.69) is 5.32 Å². The summed E-state index contributed by atoms with van der Waals surface area (Å²) in [6.45, 7) is 5.23. The summed E-state index contributed by atoms with van der Waals surface area (Å²) in [6, 6.07) is 17.3. The average Bonchev–Trinajstić information content (AvgIpc) is 2.69. The van der Waals surface area contributed by atoms with Gasteiger partial charge in [0.2, 0.25) is 0 Å². The molecule has 1 unspecified atom stereocenters. The Hall–Kier alpha value is -2.57. The van der Waals surface area contributed by atoms with Crippen LogP contribution in [0.5, 0.6) is 5.75 Å². The van der Waals surface area contributed by atoms with Gasteiger partial charge in [0.25, 0.3) is 0 Å². The highest BCUT2D eigenvalue weighted by molar-refractivity contribution is 5.89. The minimum absolute atomic E-state index is 0.0716. The predicted molar refractivity (Wildman–Crippen MR) is 104 cm³/mol. The zero-order valence-corrected chi connectivity index (χ0v) is 15.6. The van der Waals surface area contributed by atoms with Crippen LogP contribution in [-0.2, 0) is 16.1 Å². The van der Waals surface area contributed by atoms with Gasteiger partial charge in [-0.25, -0.2) is 4.79 Å². The summed E-state index contributed by atoms with van der Waals surface area (Å²) in [5.41, 5.74) is 1.77. The second-order valence-electron chi connectivity index (χ2n) is 6.47. The largest absolute Gasteiger partial charge is 0.491 e. The molecule has 1 aliphatic rings. The van der Waals surface area contributed by atoms with Crippen molar-refractivity contribution in [2.45, 2.75) is 19.6 Å². The number of urea groups is 1. The highest BCUT2D eigenvalue weighted by Gasteiger charge is 2.21. The van der Waals surface area contributed by atoms with Gasteiger partial charge in [-0.3, -0.25) is 0 Å². The fourth-order valence-corrected chi connectivity index (χ4v) is 2.87. The topological polar surface area (TPSA) is 60.0 Å². The SMILES string of the molecule is CC1CN(C(=O)Nc2cccc(COCCOc3ccccc3)c2)CCO1. The Balaban J connectivity index is 1.41. The smallest absolute Gasteiger partial charge is 0.322 e. The normalized spacial score (nSPS) is 16.8. The molecule has 0 aromatic heterocycles. The van der Waals surface area contributed by atoms with Gasteiger partial charge < -0.3 is 24.4 Å². The summed E-state index contributed by atoms with van der Waals surface area (Å²) >= 11 is 0. The molecule has 1 saturated heterocycles. The fourth-order valence-electron chi connectivity index (χ4n) is 2.87. The molecular weight excluding hydrogens is 344 g/mol. The van der Waals surface area contributed by atoms with E-state index in [0.29, 0.717) is 39.5 Å². The summed E-state index contributed by atoms with van der Waals surface area (Å²) < 4.78 is 16.7. The number of ether oxygens (including phenoxy) is 3. The molecule has 27 heavy (non-hydrogen) atoms. The van der Waals surface area contributed by atoms with Crippen LogP contribution < -0.4 is 10.1 Å². The van der Waals surface area contributed by atoms with Crippen molar-refractivity contribution in [1.29, 1.82) is 0 Å². The Morgan fingerprint density at radius 3 is 2.85 bits per heavy atom. The second-order valence-corrected chi connectivity index (χ2v) is 6.47. The van der Waals surface area contributed by atoms with E-state index in [1.807, 2.05) is 61.5 Å².